The van der Waals surface area contributed by atoms with Crippen LogP contribution in [-0.2, 0) is 22.4 Å². The third-order valence-corrected chi connectivity index (χ3v) is 6.36. The first-order chi connectivity index (χ1) is 16.0. The number of carbonyl (C=O) groups is 2. The molecule has 4 nitrogen and oxygen atoms in total. The summed E-state index contributed by atoms with van der Waals surface area (Å²) in [4.78, 5) is 28.3. The molecule has 2 amide bonds. The standard InChI is InChI=1S/C29H36N2O2/c1-4-22(3)30-29(33)27(5-2)31(21-20-23-12-7-6-8-13-23)28(32)19-18-25-16-11-15-24-14-9-10-17-26(24)25/h6-17,22,27H,4-5,18-21H2,1-3H3,(H,30,33)/t22-,27-/m1/s1. The Morgan fingerprint density at radius 3 is 2.27 bits per heavy atom. The highest BCUT2D eigenvalue weighted by Crippen LogP contribution is 2.21. The minimum atomic E-state index is -0.456. The molecule has 0 fully saturated rings. The normalized spacial score (nSPS) is 12.8. The van der Waals surface area contributed by atoms with Crippen molar-refractivity contribution in [2.45, 2.75) is 65.0 Å². The number of hydrogen-bond acceptors (Lipinski definition) is 2. The van der Waals surface area contributed by atoms with E-state index in [0.29, 0.717) is 25.8 Å². The number of aryl methyl sites for hydroxylation is 1. The predicted molar refractivity (Wildman–Crippen MR) is 136 cm³/mol. The van der Waals surface area contributed by atoms with Gasteiger partial charge in [-0.3, -0.25) is 9.59 Å². The number of nitrogens with one attached hydrogen (secondary N) is 1. The van der Waals surface area contributed by atoms with E-state index in [1.165, 1.54) is 21.9 Å². The monoisotopic (exact) mass is 444 g/mol. The molecule has 0 heterocycles. The molecule has 0 radical (unpaired) electrons. The van der Waals surface area contributed by atoms with Crippen molar-refractivity contribution in [3.63, 3.8) is 0 Å². The van der Waals surface area contributed by atoms with Crippen molar-refractivity contribution in [2.24, 2.45) is 0 Å². The van der Waals surface area contributed by atoms with Gasteiger partial charge in [0.05, 0.1) is 0 Å². The van der Waals surface area contributed by atoms with E-state index in [0.717, 1.165) is 12.8 Å². The Labute approximate surface area is 198 Å². The molecule has 0 spiro atoms. The Morgan fingerprint density at radius 2 is 1.55 bits per heavy atom. The maximum Gasteiger partial charge on any atom is 0.243 e. The molecule has 4 heteroatoms. The molecule has 0 unspecified atom stereocenters. The lowest BCUT2D eigenvalue weighted by Crippen LogP contribution is -2.51. The third-order valence-electron chi connectivity index (χ3n) is 6.36. The van der Waals surface area contributed by atoms with Crippen LogP contribution in [0.25, 0.3) is 10.8 Å². The van der Waals surface area contributed by atoms with Gasteiger partial charge in [0, 0.05) is 19.0 Å². The van der Waals surface area contributed by atoms with E-state index in [1.54, 1.807) is 4.90 Å². The van der Waals surface area contributed by atoms with Crippen molar-refractivity contribution in [1.82, 2.24) is 10.2 Å². The topological polar surface area (TPSA) is 49.4 Å². The van der Waals surface area contributed by atoms with Gasteiger partial charge in [0.15, 0.2) is 0 Å². The molecule has 3 aromatic rings. The minimum absolute atomic E-state index is 0.0324. The summed E-state index contributed by atoms with van der Waals surface area (Å²) in [7, 11) is 0. The predicted octanol–water partition coefficient (Wildman–Crippen LogP) is 5.54. The third kappa shape index (κ3) is 6.67. The molecular formula is C29H36N2O2. The zero-order valence-corrected chi connectivity index (χ0v) is 20.1. The quantitative estimate of drug-likeness (QED) is 0.422. The second kappa shape index (κ2) is 12.2. The molecule has 33 heavy (non-hydrogen) atoms. The zero-order chi connectivity index (χ0) is 23.6. The van der Waals surface area contributed by atoms with Crippen LogP contribution in [0.3, 0.4) is 0 Å². The van der Waals surface area contributed by atoms with Crippen molar-refractivity contribution in [1.29, 1.82) is 0 Å². The molecule has 0 bridgehead atoms. The summed E-state index contributed by atoms with van der Waals surface area (Å²) in [6.07, 6.45) is 3.23. The molecule has 3 aromatic carbocycles. The first kappa shape index (κ1) is 24.5. The van der Waals surface area contributed by atoms with Gasteiger partial charge in [-0.25, -0.2) is 0 Å². The van der Waals surface area contributed by atoms with E-state index >= 15 is 0 Å². The fraction of sp³-hybridized carbons (Fsp3) is 0.379. The van der Waals surface area contributed by atoms with Crippen LogP contribution in [0.4, 0.5) is 0 Å². The van der Waals surface area contributed by atoms with E-state index in [1.807, 2.05) is 50.2 Å². The lowest BCUT2D eigenvalue weighted by Gasteiger charge is -2.31. The highest BCUT2D eigenvalue weighted by atomic mass is 16.2. The maximum atomic E-state index is 13.5. The number of amides is 2. The van der Waals surface area contributed by atoms with Gasteiger partial charge in [0.1, 0.15) is 6.04 Å². The zero-order valence-electron chi connectivity index (χ0n) is 20.1. The van der Waals surface area contributed by atoms with Crippen LogP contribution >= 0.6 is 0 Å². The van der Waals surface area contributed by atoms with Crippen molar-refractivity contribution in [3.05, 3.63) is 83.9 Å². The maximum absolute atomic E-state index is 13.5. The summed E-state index contributed by atoms with van der Waals surface area (Å²) in [5, 5.41) is 5.45. The molecule has 0 aromatic heterocycles. The van der Waals surface area contributed by atoms with Crippen LogP contribution in [0.15, 0.2) is 72.8 Å². The van der Waals surface area contributed by atoms with Crippen LogP contribution in [-0.4, -0.2) is 35.3 Å². The Balaban J connectivity index is 1.77. The molecule has 0 saturated heterocycles. The summed E-state index contributed by atoms with van der Waals surface area (Å²) in [5.74, 6) is -0.0246. The fourth-order valence-electron chi connectivity index (χ4n) is 4.23. The SMILES string of the molecule is CC[C@@H](C)NC(=O)[C@@H](CC)N(CCc1ccccc1)C(=O)CCc1cccc2ccccc12. The van der Waals surface area contributed by atoms with Gasteiger partial charge in [0.25, 0.3) is 0 Å². The van der Waals surface area contributed by atoms with E-state index in [2.05, 4.69) is 48.6 Å². The molecule has 0 aliphatic rings. The molecule has 0 aliphatic carbocycles. The number of carbonyl (C=O) groups excluding carboxylic acids is 2. The lowest BCUT2D eigenvalue weighted by molar-refractivity contribution is -0.141. The van der Waals surface area contributed by atoms with Crippen molar-refractivity contribution >= 4 is 22.6 Å². The summed E-state index contributed by atoms with van der Waals surface area (Å²) < 4.78 is 0. The molecule has 0 saturated carbocycles. The van der Waals surface area contributed by atoms with E-state index in [9.17, 15) is 9.59 Å². The van der Waals surface area contributed by atoms with Gasteiger partial charge in [0.2, 0.25) is 11.8 Å². The molecule has 1 N–H and O–H groups in total. The minimum Gasteiger partial charge on any atom is -0.352 e. The second-order valence-electron chi connectivity index (χ2n) is 8.70. The van der Waals surface area contributed by atoms with Crippen LogP contribution in [0.1, 0.15) is 51.2 Å². The number of benzene rings is 3. The summed E-state index contributed by atoms with van der Waals surface area (Å²) in [5.41, 5.74) is 2.34. The molecule has 0 aliphatic heterocycles. The van der Waals surface area contributed by atoms with Crippen LogP contribution in [0, 0.1) is 0 Å². The van der Waals surface area contributed by atoms with Gasteiger partial charge >= 0.3 is 0 Å². The smallest absolute Gasteiger partial charge is 0.243 e. The molecule has 174 valence electrons. The van der Waals surface area contributed by atoms with Crippen LogP contribution < -0.4 is 5.32 Å². The Morgan fingerprint density at radius 1 is 0.848 bits per heavy atom. The summed E-state index contributed by atoms with van der Waals surface area (Å²) in [6.45, 7) is 6.56. The highest BCUT2D eigenvalue weighted by Gasteiger charge is 2.28. The molecule has 2 atom stereocenters. The van der Waals surface area contributed by atoms with Crippen molar-refractivity contribution in [2.75, 3.05) is 6.54 Å². The highest BCUT2D eigenvalue weighted by molar-refractivity contribution is 5.89. The second-order valence-corrected chi connectivity index (χ2v) is 8.70. The van der Waals surface area contributed by atoms with Gasteiger partial charge in [-0.05, 0) is 54.5 Å². The lowest BCUT2D eigenvalue weighted by atomic mass is 10.00. The Kier molecular flexibility index (Phi) is 9.05. The van der Waals surface area contributed by atoms with Gasteiger partial charge in [-0.1, -0.05) is 86.6 Å². The van der Waals surface area contributed by atoms with Crippen molar-refractivity contribution < 1.29 is 9.59 Å². The summed E-state index contributed by atoms with van der Waals surface area (Å²) >= 11 is 0. The average molecular weight is 445 g/mol. The van der Waals surface area contributed by atoms with E-state index in [4.69, 9.17) is 0 Å². The fourth-order valence-corrected chi connectivity index (χ4v) is 4.23. The Hall–Kier alpha value is -3.14. The average Bonchev–Trinajstić information content (AvgIpc) is 2.85. The summed E-state index contributed by atoms with van der Waals surface area (Å²) in [6, 6.07) is 24.3. The van der Waals surface area contributed by atoms with Gasteiger partial charge in [-0.2, -0.15) is 0 Å². The van der Waals surface area contributed by atoms with Crippen LogP contribution in [0.5, 0.6) is 0 Å². The number of nitrogens with zero attached hydrogens (tertiary/aromatic N) is 1. The Bertz CT molecular complexity index is 1040. The number of rotatable bonds is 11. The van der Waals surface area contributed by atoms with E-state index in [-0.39, 0.29) is 17.9 Å². The van der Waals surface area contributed by atoms with E-state index < -0.39 is 6.04 Å². The molecular weight excluding hydrogens is 408 g/mol. The number of hydrogen-bond donors (Lipinski definition) is 1. The largest absolute Gasteiger partial charge is 0.352 e. The molecule has 3 rings (SSSR count). The van der Waals surface area contributed by atoms with Crippen LogP contribution in [0.2, 0.25) is 0 Å². The van der Waals surface area contributed by atoms with Crippen molar-refractivity contribution in [3.8, 4) is 0 Å². The first-order valence-electron chi connectivity index (χ1n) is 12.1. The van der Waals surface area contributed by atoms with Gasteiger partial charge < -0.3 is 10.2 Å². The first-order valence-corrected chi connectivity index (χ1v) is 12.1. The van der Waals surface area contributed by atoms with Gasteiger partial charge in [-0.15, -0.1) is 0 Å². The number of fused-ring (bicyclic) bond motifs is 1.